The normalized spacial score (nSPS) is 11.8. The molecular weight excluding hydrogens is 294 g/mol. The number of rotatable bonds is 6. The van der Waals surface area contributed by atoms with E-state index in [2.05, 4.69) is 15.6 Å². The lowest BCUT2D eigenvalue weighted by Gasteiger charge is -2.12. The minimum absolute atomic E-state index is 0.194. The van der Waals surface area contributed by atoms with E-state index in [-0.39, 0.29) is 11.6 Å². The second kappa shape index (κ2) is 7.58. The molecule has 6 nitrogen and oxygen atoms in total. The number of nitrogens with one attached hydrogen (secondary N) is 2. The smallest absolute Gasteiger partial charge is 0.274 e. The van der Waals surface area contributed by atoms with Gasteiger partial charge in [0.25, 0.3) is 5.91 Å². The Hall–Kier alpha value is -2.63. The first kappa shape index (κ1) is 16.7. The van der Waals surface area contributed by atoms with Crippen molar-refractivity contribution in [1.82, 2.24) is 15.6 Å². The molecule has 0 aliphatic heterocycles. The van der Waals surface area contributed by atoms with Gasteiger partial charge in [-0.15, -0.1) is 0 Å². The number of carbonyl (C=O) groups excluding carboxylic acids is 2. The van der Waals surface area contributed by atoms with E-state index < -0.39 is 11.9 Å². The summed E-state index contributed by atoms with van der Waals surface area (Å²) in [5.74, 6) is 0.163. The third-order valence-corrected chi connectivity index (χ3v) is 3.32. The van der Waals surface area contributed by atoms with Crippen LogP contribution >= 0.6 is 0 Å². The van der Waals surface area contributed by atoms with Crippen molar-refractivity contribution in [2.45, 2.75) is 33.2 Å². The quantitative estimate of drug-likeness (QED) is 0.856. The van der Waals surface area contributed by atoms with Crippen LogP contribution in [0.1, 0.15) is 36.5 Å². The van der Waals surface area contributed by atoms with Gasteiger partial charge in [0.05, 0.1) is 0 Å². The number of aromatic nitrogens is 1. The Labute approximate surface area is 135 Å². The number of amides is 2. The number of hydrogen-bond acceptors (Lipinski definition) is 4. The van der Waals surface area contributed by atoms with E-state index >= 15 is 0 Å². The van der Waals surface area contributed by atoms with Crippen LogP contribution in [0.4, 0.5) is 0 Å². The molecule has 2 aromatic rings. The van der Waals surface area contributed by atoms with Crippen LogP contribution in [0.3, 0.4) is 0 Å². The predicted octanol–water partition coefficient (Wildman–Crippen LogP) is 2.29. The Morgan fingerprint density at radius 1 is 1.26 bits per heavy atom. The van der Waals surface area contributed by atoms with Gasteiger partial charge in [-0.3, -0.25) is 9.59 Å². The summed E-state index contributed by atoms with van der Waals surface area (Å²) in [5.41, 5.74) is 0.988. The van der Waals surface area contributed by atoms with Crippen molar-refractivity contribution in [2.75, 3.05) is 6.54 Å². The molecule has 0 saturated heterocycles. The molecule has 0 bridgehead atoms. The van der Waals surface area contributed by atoms with Crippen LogP contribution in [0.15, 0.2) is 34.7 Å². The topological polar surface area (TPSA) is 84.2 Å². The molecule has 1 aromatic carbocycles. The lowest BCUT2D eigenvalue weighted by Crippen LogP contribution is -2.45. The molecule has 122 valence electrons. The van der Waals surface area contributed by atoms with E-state index in [0.29, 0.717) is 18.2 Å². The average Bonchev–Trinajstić information content (AvgIpc) is 2.95. The second-order valence-electron chi connectivity index (χ2n) is 5.28. The number of oxazole rings is 1. The van der Waals surface area contributed by atoms with Gasteiger partial charge in [0, 0.05) is 12.1 Å². The first-order valence-corrected chi connectivity index (χ1v) is 7.64. The molecule has 0 unspecified atom stereocenters. The zero-order valence-electron chi connectivity index (χ0n) is 13.6. The summed E-state index contributed by atoms with van der Waals surface area (Å²) in [6.45, 7) is 5.86. The number of carbonyl (C=O) groups is 2. The molecule has 2 N–H and O–H groups in total. The first-order chi connectivity index (χ1) is 11.0. The minimum atomic E-state index is -0.634. The molecule has 2 amide bonds. The highest BCUT2D eigenvalue weighted by molar-refractivity contribution is 5.97. The largest absolute Gasteiger partial charge is 0.441 e. The monoisotopic (exact) mass is 315 g/mol. The molecule has 1 aromatic heterocycles. The van der Waals surface area contributed by atoms with Gasteiger partial charge in [-0.2, -0.15) is 0 Å². The van der Waals surface area contributed by atoms with Gasteiger partial charge in [-0.05, 0) is 32.4 Å². The number of benzene rings is 1. The maximum atomic E-state index is 12.3. The summed E-state index contributed by atoms with van der Waals surface area (Å²) in [7, 11) is 0. The molecule has 0 aliphatic carbocycles. The predicted molar refractivity (Wildman–Crippen MR) is 86.9 cm³/mol. The van der Waals surface area contributed by atoms with Crippen LogP contribution in [0.5, 0.6) is 0 Å². The van der Waals surface area contributed by atoms with Crippen molar-refractivity contribution in [3.05, 3.63) is 41.8 Å². The summed E-state index contributed by atoms with van der Waals surface area (Å²) in [4.78, 5) is 28.3. The van der Waals surface area contributed by atoms with Crippen molar-refractivity contribution >= 4 is 11.8 Å². The van der Waals surface area contributed by atoms with E-state index in [1.807, 2.05) is 37.3 Å². The number of hydrogen-bond donors (Lipinski definition) is 2. The van der Waals surface area contributed by atoms with Crippen LogP contribution in [0, 0.1) is 6.92 Å². The average molecular weight is 315 g/mol. The van der Waals surface area contributed by atoms with Crippen molar-refractivity contribution in [2.24, 2.45) is 0 Å². The molecule has 2 rings (SSSR count). The van der Waals surface area contributed by atoms with Crippen molar-refractivity contribution < 1.29 is 14.0 Å². The summed E-state index contributed by atoms with van der Waals surface area (Å²) in [6, 6.07) is 8.71. The third-order valence-electron chi connectivity index (χ3n) is 3.32. The zero-order valence-corrected chi connectivity index (χ0v) is 13.6. The third kappa shape index (κ3) is 4.18. The zero-order chi connectivity index (χ0) is 16.8. The fourth-order valence-corrected chi connectivity index (χ4v) is 2.04. The van der Waals surface area contributed by atoms with Gasteiger partial charge >= 0.3 is 0 Å². The Morgan fingerprint density at radius 3 is 2.61 bits per heavy atom. The molecule has 0 spiro atoms. The highest BCUT2D eigenvalue weighted by Gasteiger charge is 2.21. The Balaban J connectivity index is 2.08. The van der Waals surface area contributed by atoms with Crippen LogP contribution < -0.4 is 10.6 Å². The minimum Gasteiger partial charge on any atom is -0.441 e. The van der Waals surface area contributed by atoms with Gasteiger partial charge in [-0.25, -0.2) is 4.98 Å². The van der Waals surface area contributed by atoms with Gasteiger partial charge in [0.2, 0.25) is 11.8 Å². The van der Waals surface area contributed by atoms with E-state index in [1.165, 1.54) is 0 Å². The van der Waals surface area contributed by atoms with Crippen molar-refractivity contribution in [3.8, 4) is 11.5 Å². The first-order valence-electron chi connectivity index (χ1n) is 7.64. The van der Waals surface area contributed by atoms with E-state index in [9.17, 15) is 9.59 Å². The Bertz CT molecular complexity index is 680. The molecule has 0 radical (unpaired) electrons. The molecule has 23 heavy (non-hydrogen) atoms. The lowest BCUT2D eigenvalue weighted by atomic mass is 10.2. The standard InChI is InChI=1S/C17H21N3O3/c1-4-10-18-15(21)11(2)19-16(22)14-12(3)23-17(20-14)13-8-6-5-7-9-13/h5-9,11H,4,10H2,1-3H3,(H,18,21)(H,19,22)/t11-/m1/s1. The summed E-state index contributed by atoms with van der Waals surface area (Å²) >= 11 is 0. The van der Waals surface area contributed by atoms with Gasteiger partial charge in [0.15, 0.2) is 5.69 Å². The Kier molecular flexibility index (Phi) is 5.51. The van der Waals surface area contributed by atoms with Crippen LogP contribution in [-0.2, 0) is 4.79 Å². The van der Waals surface area contributed by atoms with Crippen molar-refractivity contribution in [1.29, 1.82) is 0 Å². The van der Waals surface area contributed by atoms with Crippen LogP contribution in [0.2, 0.25) is 0 Å². The molecular formula is C17H21N3O3. The molecule has 1 heterocycles. The number of nitrogens with zero attached hydrogens (tertiary/aromatic N) is 1. The molecule has 1 atom stereocenters. The van der Waals surface area contributed by atoms with E-state index in [0.717, 1.165) is 12.0 Å². The molecule has 0 fully saturated rings. The number of aryl methyl sites for hydroxylation is 1. The second-order valence-corrected chi connectivity index (χ2v) is 5.28. The van der Waals surface area contributed by atoms with E-state index in [4.69, 9.17) is 4.42 Å². The summed E-state index contributed by atoms with van der Waals surface area (Å²) in [6.07, 6.45) is 0.842. The van der Waals surface area contributed by atoms with E-state index in [1.54, 1.807) is 13.8 Å². The van der Waals surface area contributed by atoms with Crippen molar-refractivity contribution in [3.63, 3.8) is 0 Å². The fourth-order valence-electron chi connectivity index (χ4n) is 2.04. The Morgan fingerprint density at radius 2 is 1.96 bits per heavy atom. The van der Waals surface area contributed by atoms with Gasteiger partial charge in [0.1, 0.15) is 11.8 Å². The fraction of sp³-hybridized carbons (Fsp3) is 0.353. The summed E-state index contributed by atoms with van der Waals surface area (Å²) < 4.78 is 5.56. The maximum Gasteiger partial charge on any atom is 0.274 e. The summed E-state index contributed by atoms with van der Waals surface area (Å²) in [5, 5.41) is 5.37. The van der Waals surface area contributed by atoms with Crippen LogP contribution in [0.25, 0.3) is 11.5 Å². The lowest BCUT2D eigenvalue weighted by molar-refractivity contribution is -0.122. The van der Waals surface area contributed by atoms with Gasteiger partial charge in [-0.1, -0.05) is 25.1 Å². The van der Waals surface area contributed by atoms with Crippen LogP contribution in [-0.4, -0.2) is 29.4 Å². The SMILES string of the molecule is CCCNC(=O)[C@@H](C)NC(=O)c1nc(-c2ccccc2)oc1C. The molecule has 6 heteroatoms. The molecule has 0 aliphatic rings. The highest BCUT2D eigenvalue weighted by atomic mass is 16.4. The molecule has 0 saturated carbocycles. The maximum absolute atomic E-state index is 12.3. The highest BCUT2D eigenvalue weighted by Crippen LogP contribution is 2.21. The van der Waals surface area contributed by atoms with Gasteiger partial charge < -0.3 is 15.1 Å².